The van der Waals surface area contributed by atoms with Crippen molar-refractivity contribution in [3.8, 4) is 5.75 Å². The summed E-state index contributed by atoms with van der Waals surface area (Å²) in [6.07, 6.45) is 5.85. The number of hydrogen-bond donors (Lipinski definition) is 1. The van der Waals surface area contributed by atoms with Crippen LogP contribution < -0.4 is 10.1 Å². The molecule has 5 nitrogen and oxygen atoms in total. The van der Waals surface area contributed by atoms with Gasteiger partial charge in [-0.3, -0.25) is 4.79 Å². The summed E-state index contributed by atoms with van der Waals surface area (Å²) in [7, 11) is 0. The van der Waals surface area contributed by atoms with Gasteiger partial charge in [0.2, 0.25) is 0 Å². The fourth-order valence-electron chi connectivity index (χ4n) is 4.35. The van der Waals surface area contributed by atoms with Crippen LogP contribution in [0.3, 0.4) is 0 Å². The number of imidazole rings is 1. The van der Waals surface area contributed by atoms with E-state index in [1.807, 2.05) is 31.2 Å². The normalized spacial score (nSPS) is 11.1. The van der Waals surface area contributed by atoms with Crippen LogP contribution in [-0.2, 0) is 13.0 Å². The molecule has 0 aliphatic carbocycles. The number of ether oxygens (including phenoxy) is 1. The third-order valence-electron chi connectivity index (χ3n) is 6.36. The van der Waals surface area contributed by atoms with Crippen molar-refractivity contribution in [2.45, 2.75) is 52.0 Å². The van der Waals surface area contributed by atoms with E-state index in [0.717, 1.165) is 72.7 Å². The minimum Gasteiger partial charge on any atom is -0.494 e. The highest BCUT2D eigenvalue weighted by Gasteiger charge is 2.10. The van der Waals surface area contributed by atoms with E-state index >= 15 is 0 Å². The summed E-state index contributed by atoms with van der Waals surface area (Å²) in [5.74, 6) is 1.90. The van der Waals surface area contributed by atoms with Crippen LogP contribution in [-0.4, -0.2) is 28.6 Å². The number of amides is 1. The lowest BCUT2D eigenvalue weighted by atomic mass is 10.1. The minimum atomic E-state index is -0.0838. The van der Waals surface area contributed by atoms with Crippen molar-refractivity contribution in [3.05, 3.63) is 93.7 Å². The third kappa shape index (κ3) is 7.73. The number of fused-ring (bicyclic) bond motifs is 1. The fourth-order valence-corrected chi connectivity index (χ4v) is 4.66. The van der Waals surface area contributed by atoms with Crippen LogP contribution in [0.4, 0.5) is 0 Å². The maximum atomic E-state index is 12.3. The first-order chi connectivity index (χ1) is 18.0. The maximum Gasteiger partial charge on any atom is 0.251 e. The lowest BCUT2D eigenvalue weighted by molar-refractivity contribution is 0.0953. The molecule has 0 bridgehead atoms. The summed E-state index contributed by atoms with van der Waals surface area (Å²) >= 11 is 12.1. The maximum absolute atomic E-state index is 12.3. The number of aryl methyl sites for hydroxylation is 3. The molecule has 1 amide bonds. The molecule has 4 aromatic rings. The minimum absolute atomic E-state index is 0.0838. The Balaban J connectivity index is 1.22. The molecule has 1 heterocycles. The van der Waals surface area contributed by atoms with Crippen molar-refractivity contribution in [1.29, 1.82) is 0 Å². The van der Waals surface area contributed by atoms with Gasteiger partial charge in [-0.05, 0) is 86.7 Å². The van der Waals surface area contributed by atoms with E-state index in [9.17, 15) is 4.79 Å². The molecule has 1 N–H and O–H groups in total. The first-order valence-electron chi connectivity index (χ1n) is 12.9. The number of halogens is 2. The molecule has 0 aliphatic rings. The molecule has 1 aromatic heterocycles. The molecule has 0 aliphatic heterocycles. The summed E-state index contributed by atoms with van der Waals surface area (Å²) in [5, 5.41) is 4.31. The molecule has 3 aromatic carbocycles. The van der Waals surface area contributed by atoms with E-state index in [0.29, 0.717) is 23.7 Å². The van der Waals surface area contributed by atoms with Crippen molar-refractivity contribution in [3.63, 3.8) is 0 Å². The lowest BCUT2D eigenvalue weighted by Crippen LogP contribution is -2.24. The zero-order valence-corrected chi connectivity index (χ0v) is 22.7. The second-order valence-electron chi connectivity index (χ2n) is 9.21. The highest BCUT2D eigenvalue weighted by atomic mass is 35.5. The molecule has 0 radical (unpaired) electrons. The molecule has 0 spiro atoms. The molecule has 0 atom stereocenters. The first-order valence-corrected chi connectivity index (χ1v) is 13.6. The van der Waals surface area contributed by atoms with E-state index in [1.54, 1.807) is 24.3 Å². The molecule has 0 saturated carbocycles. The van der Waals surface area contributed by atoms with Gasteiger partial charge < -0.3 is 14.6 Å². The summed E-state index contributed by atoms with van der Waals surface area (Å²) in [6, 6.07) is 21.1. The van der Waals surface area contributed by atoms with Gasteiger partial charge in [-0.2, -0.15) is 0 Å². The number of aromatic nitrogens is 2. The van der Waals surface area contributed by atoms with Crippen LogP contribution in [0.25, 0.3) is 11.0 Å². The van der Waals surface area contributed by atoms with E-state index in [1.165, 1.54) is 5.52 Å². The van der Waals surface area contributed by atoms with Crippen molar-refractivity contribution >= 4 is 40.1 Å². The SMILES string of the molecule is Cc1cc(OCCCCn2c(CCCCCNC(=O)c3cccc(Cl)c3)nc3ccccc32)ccc1Cl. The van der Waals surface area contributed by atoms with Crippen LogP contribution in [0.5, 0.6) is 5.75 Å². The predicted molar refractivity (Wildman–Crippen MR) is 152 cm³/mol. The monoisotopic (exact) mass is 537 g/mol. The molecule has 0 saturated heterocycles. The van der Waals surface area contributed by atoms with Gasteiger partial charge in [0.1, 0.15) is 11.6 Å². The highest BCUT2D eigenvalue weighted by molar-refractivity contribution is 6.31. The van der Waals surface area contributed by atoms with E-state index in [2.05, 4.69) is 28.1 Å². The number of nitrogens with zero attached hydrogens (tertiary/aromatic N) is 2. The summed E-state index contributed by atoms with van der Waals surface area (Å²) < 4.78 is 8.26. The number of para-hydroxylation sites is 2. The Morgan fingerprint density at radius 1 is 0.946 bits per heavy atom. The van der Waals surface area contributed by atoms with Gasteiger partial charge in [0, 0.05) is 35.1 Å². The third-order valence-corrected chi connectivity index (χ3v) is 7.02. The number of carbonyl (C=O) groups excluding carboxylic acids is 1. The number of rotatable bonds is 13. The molecule has 4 rings (SSSR count). The van der Waals surface area contributed by atoms with Crippen LogP contribution >= 0.6 is 23.2 Å². The largest absolute Gasteiger partial charge is 0.494 e. The lowest BCUT2D eigenvalue weighted by Gasteiger charge is -2.11. The summed E-state index contributed by atoms with van der Waals surface area (Å²) in [5.41, 5.74) is 3.84. The average Bonchev–Trinajstić information content (AvgIpc) is 3.25. The van der Waals surface area contributed by atoms with Crippen molar-refractivity contribution < 1.29 is 9.53 Å². The van der Waals surface area contributed by atoms with Gasteiger partial charge in [-0.25, -0.2) is 4.98 Å². The number of benzene rings is 3. The molecule has 194 valence electrons. The van der Waals surface area contributed by atoms with Crippen molar-refractivity contribution in [2.24, 2.45) is 0 Å². The quantitative estimate of drug-likeness (QED) is 0.178. The van der Waals surface area contributed by atoms with Crippen molar-refractivity contribution in [1.82, 2.24) is 14.9 Å². The van der Waals surface area contributed by atoms with Crippen molar-refractivity contribution in [2.75, 3.05) is 13.2 Å². The molecular formula is C30H33Cl2N3O2. The second kappa shape index (κ2) is 13.5. The van der Waals surface area contributed by atoms with E-state index in [4.69, 9.17) is 32.9 Å². The smallest absolute Gasteiger partial charge is 0.251 e. The first kappa shape index (κ1) is 27.0. The van der Waals surface area contributed by atoms with E-state index in [-0.39, 0.29) is 5.91 Å². The van der Waals surface area contributed by atoms with Gasteiger partial charge >= 0.3 is 0 Å². The van der Waals surface area contributed by atoms with Crippen LogP contribution in [0.2, 0.25) is 10.0 Å². The summed E-state index contributed by atoms with van der Waals surface area (Å²) in [6.45, 7) is 4.21. The number of nitrogens with one attached hydrogen (secondary N) is 1. The van der Waals surface area contributed by atoms with E-state index < -0.39 is 0 Å². The Kier molecular flexibility index (Phi) is 9.86. The molecule has 37 heavy (non-hydrogen) atoms. The predicted octanol–water partition coefficient (Wildman–Crippen LogP) is 7.65. The molecule has 0 fully saturated rings. The van der Waals surface area contributed by atoms with Crippen LogP contribution in [0.1, 0.15) is 53.8 Å². The highest BCUT2D eigenvalue weighted by Crippen LogP contribution is 2.22. The Morgan fingerprint density at radius 3 is 2.65 bits per heavy atom. The number of hydrogen-bond acceptors (Lipinski definition) is 3. The van der Waals surface area contributed by atoms with Crippen LogP contribution in [0, 0.1) is 6.92 Å². The topological polar surface area (TPSA) is 56.1 Å². The van der Waals surface area contributed by atoms with Gasteiger partial charge in [-0.15, -0.1) is 0 Å². The molecule has 7 heteroatoms. The van der Waals surface area contributed by atoms with Crippen LogP contribution in [0.15, 0.2) is 66.7 Å². The Labute approximate surface area is 228 Å². The van der Waals surface area contributed by atoms with Gasteiger partial charge in [0.05, 0.1) is 17.6 Å². The Hall–Kier alpha value is -3.02. The number of carbonyl (C=O) groups is 1. The molecule has 0 unspecified atom stereocenters. The standard InChI is InChI=1S/C30H33Cl2N3O2/c1-22-20-25(15-16-26(22)32)37-19-8-7-18-35-28-13-5-4-12-27(28)34-29(35)14-3-2-6-17-33-30(36)23-10-9-11-24(31)21-23/h4-5,9-13,15-16,20-21H,2-3,6-8,14,17-19H2,1H3,(H,33,36). The fraction of sp³-hybridized carbons (Fsp3) is 0.333. The van der Waals surface area contributed by atoms with Gasteiger partial charge in [-0.1, -0.05) is 47.8 Å². The Morgan fingerprint density at radius 2 is 1.81 bits per heavy atom. The average molecular weight is 539 g/mol. The number of unbranched alkanes of at least 4 members (excludes halogenated alkanes) is 3. The zero-order chi connectivity index (χ0) is 26.0. The van der Waals surface area contributed by atoms with Gasteiger partial charge in [0.15, 0.2) is 0 Å². The Bertz CT molecular complexity index is 1340. The second-order valence-corrected chi connectivity index (χ2v) is 10.1. The molecular weight excluding hydrogens is 505 g/mol. The van der Waals surface area contributed by atoms with Gasteiger partial charge in [0.25, 0.3) is 5.91 Å². The summed E-state index contributed by atoms with van der Waals surface area (Å²) in [4.78, 5) is 17.2. The zero-order valence-electron chi connectivity index (χ0n) is 21.2.